The Morgan fingerprint density at radius 2 is 1.72 bits per heavy atom. The summed E-state index contributed by atoms with van der Waals surface area (Å²) < 4.78 is 5.21. The molecule has 0 saturated carbocycles. The molecule has 2 rings (SSSR count). The third-order valence-corrected chi connectivity index (χ3v) is 2.58. The van der Waals surface area contributed by atoms with E-state index in [1.54, 1.807) is 25.3 Å². The normalized spacial score (nSPS) is 10.8. The van der Waals surface area contributed by atoms with Gasteiger partial charge in [-0.25, -0.2) is 0 Å². The molecule has 0 aliphatic carbocycles. The van der Waals surface area contributed by atoms with Gasteiger partial charge in [-0.2, -0.15) is 5.11 Å². The van der Waals surface area contributed by atoms with Crippen molar-refractivity contribution < 1.29 is 4.74 Å². The minimum Gasteiger partial charge on any atom is -0.494 e. The van der Waals surface area contributed by atoms with E-state index in [2.05, 4.69) is 10.2 Å². The second-order valence-corrected chi connectivity index (χ2v) is 3.92. The van der Waals surface area contributed by atoms with Crippen LogP contribution in [0.25, 0.3) is 0 Å². The lowest BCUT2D eigenvalue weighted by Crippen LogP contribution is -1.87. The van der Waals surface area contributed by atoms with Gasteiger partial charge in [0.25, 0.3) is 0 Å². The Labute approximate surface area is 106 Å². The Hall–Kier alpha value is -2.36. The number of nitrogens with zero attached hydrogens (tertiary/aromatic N) is 2. The van der Waals surface area contributed by atoms with Gasteiger partial charge in [0.2, 0.25) is 0 Å². The van der Waals surface area contributed by atoms with Crippen molar-refractivity contribution in [3.8, 4) is 5.75 Å². The summed E-state index contributed by atoms with van der Waals surface area (Å²) in [6.45, 7) is 1.99. The molecule has 0 spiro atoms. The van der Waals surface area contributed by atoms with E-state index < -0.39 is 0 Å². The zero-order valence-electron chi connectivity index (χ0n) is 10.4. The zero-order chi connectivity index (χ0) is 13.0. The fraction of sp³-hybridized carbons (Fsp3) is 0.143. The molecule has 18 heavy (non-hydrogen) atoms. The van der Waals surface area contributed by atoms with E-state index in [-0.39, 0.29) is 0 Å². The average Bonchev–Trinajstić information content (AvgIpc) is 2.39. The topological polar surface area (TPSA) is 60.0 Å². The van der Waals surface area contributed by atoms with Gasteiger partial charge in [0.15, 0.2) is 0 Å². The Balaban J connectivity index is 2.32. The molecule has 2 aromatic rings. The highest BCUT2D eigenvalue weighted by atomic mass is 16.5. The third kappa shape index (κ3) is 2.66. The number of azo groups is 1. The molecule has 0 atom stereocenters. The standard InChI is InChI=1S/C14H15N3O/c1-10-5-3-4-6-12(10)16-17-13-8-7-11(15)9-14(13)18-2/h3-9H,15H2,1-2H3. The number of benzene rings is 2. The highest BCUT2D eigenvalue weighted by Gasteiger charge is 2.02. The molecule has 0 heterocycles. The highest BCUT2D eigenvalue weighted by Crippen LogP contribution is 2.31. The molecule has 92 valence electrons. The molecule has 0 fully saturated rings. The number of methoxy groups -OCH3 is 1. The summed E-state index contributed by atoms with van der Waals surface area (Å²) >= 11 is 0. The van der Waals surface area contributed by atoms with E-state index in [4.69, 9.17) is 10.5 Å². The van der Waals surface area contributed by atoms with Crippen molar-refractivity contribution in [1.29, 1.82) is 0 Å². The molecule has 4 heteroatoms. The fourth-order valence-electron chi connectivity index (χ4n) is 1.56. The first-order valence-electron chi connectivity index (χ1n) is 5.61. The molecule has 0 aliphatic heterocycles. The molecular weight excluding hydrogens is 226 g/mol. The lowest BCUT2D eigenvalue weighted by molar-refractivity contribution is 0.416. The zero-order valence-corrected chi connectivity index (χ0v) is 10.4. The van der Waals surface area contributed by atoms with Crippen LogP contribution >= 0.6 is 0 Å². The molecule has 0 radical (unpaired) electrons. The quantitative estimate of drug-likeness (QED) is 0.652. The Morgan fingerprint density at radius 1 is 1.00 bits per heavy atom. The van der Waals surface area contributed by atoms with Crippen LogP contribution in [-0.2, 0) is 0 Å². The van der Waals surface area contributed by atoms with E-state index in [1.807, 2.05) is 31.2 Å². The first-order chi connectivity index (χ1) is 8.70. The fourth-order valence-corrected chi connectivity index (χ4v) is 1.56. The Bertz CT molecular complexity index is 579. The van der Waals surface area contributed by atoms with Gasteiger partial charge in [0, 0.05) is 11.8 Å². The van der Waals surface area contributed by atoms with Crippen molar-refractivity contribution in [2.45, 2.75) is 6.92 Å². The number of aryl methyl sites for hydroxylation is 1. The maximum Gasteiger partial charge on any atom is 0.148 e. The van der Waals surface area contributed by atoms with Crippen LogP contribution in [0.5, 0.6) is 5.75 Å². The predicted molar refractivity (Wildman–Crippen MR) is 72.8 cm³/mol. The van der Waals surface area contributed by atoms with Gasteiger partial charge in [-0.05, 0) is 30.7 Å². The van der Waals surface area contributed by atoms with E-state index in [1.165, 1.54) is 0 Å². The molecule has 0 aromatic heterocycles. The van der Waals surface area contributed by atoms with Gasteiger partial charge in [-0.1, -0.05) is 18.2 Å². The summed E-state index contributed by atoms with van der Waals surface area (Å²) in [6, 6.07) is 13.1. The van der Waals surface area contributed by atoms with E-state index >= 15 is 0 Å². The maximum atomic E-state index is 5.68. The second-order valence-electron chi connectivity index (χ2n) is 3.92. The lowest BCUT2D eigenvalue weighted by atomic mass is 10.2. The van der Waals surface area contributed by atoms with Crippen LogP contribution in [0.15, 0.2) is 52.7 Å². The maximum absolute atomic E-state index is 5.68. The number of anilines is 1. The SMILES string of the molecule is COc1cc(N)ccc1N=Nc1ccccc1C. The monoisotopic (exact) mass is 241 g/mol. The van der Waals surface area contributed by atoms with Gasteiger partial charge < -0.3 is 10.5 Å². The largest absolute Gasteiger partial charge is 0.494 e. The summed E-state index contributed by atoms with van der Waals surface area (Å²) in [6.07, 6.45) is 0. The molecule has 2 N–H and O–H groups in total. The van der Waals surface area contributed by atoms with Gasteiger partial charge in [-0.3, -0.25) is 0 Å². The molecular formula is C14H15N3O. The smallest absolute Gasteiger partial charge is 0.148 e. The van der Waals surface area contributed by atoms with Crippen LogP contribution in [0.1, 0.15) is 5.56 Å². The summed E-state index contributed by atoms with van der Waals surface area (Å²) in [4.78, 5) is 0. The molecule has 0 amide bonds. The molecule has 2 aromatic carbocycles. The van der Waals surface area contributed by atoms with Crippen molar-refractivity contribution in [3.05, 3.63) is 48.0 Å². The number of hydrogen-bond donors (Lipinski definition) is 1. The van der Waals surface area contributed by atoms with Crippen molar-refractivity contribution in [2.24, 2.45) is 10.2 Å². The highest BCUT2D eigenvalue weighted by molar-refractivity contribution is 5.59. The van der Waals surface area contributed by atoms with Crippen molar-refractivity contribution in [3.63, 3.8) is 0 Å². The van der Waals surface area contributed by atoms with E-state index in [0.29, 0.717) is 17.1 Å². The number of hydrogen-bond acceptors (Lipinski definition) is 4. The minimum atomic E-state index is 0.618. The molecule has 0 unspecified atom stereocenters. The molecule has 0 aliphatic rings. The summed E-state index contributed by atoms with van der Waals surface area (Å²) in [7, 11) is 1.58. The number of nitrogen functional groups attached to an aromatic ring is 1. The van der Waals surface area contributed by atoms with Crippen LogP contribution in [0.3, 0.4) is 0 Å². The van der Waals surface area contributed by atoms with Gasteiger partial charge in [0.1, 0.15) is 11.4 Å². The summed E-state index contributed by atoms with van der Waals surface area (Å²) in [5.74, 6) is 0.618. The van der Waals surface area contributed by atoms with Crippen LogP contribution in [0.4, 0.5) is 17.1 Å². The van der Waals surface area contributed by atoms with Crippen LogP contribution < -0.4 is 10.5 Å². The lowest BCUT2D eigenvalue weighted by Gasteiger charge is -2.04. The second kappa shape index (κ2) is 5.31. The Morgan fingerprint density at radius 3 is 2.44 bits per heavy atom. The number of nitrogens with two attached hydrogens (primary N) is 1. The summed E-state index contributed by atoms with van der Waals surface area (Å²) in [5, 5.41) is 8.41. The first kappa shape index (κ1) is 12.1. The molecule has 4 nitrogen and oxygen atoms in total. The number of ether oxygens (including phenoxy) is 1. The van der Waals surface area contributed by atoms with Crippen molar-refractivity contribution in [2.75, 3.05) is 12.8 Å². The minimum absolute atomic E-state index is 0.618. The number of rotatable bonds is 3. The summed E-state index contributed by atoms with van der Waals surface area (Å²) in [5.41, 5.74) is 8.91. The van der Waals surface area contributed by atoms with Crippen LogP contribution in [0, 0.1) is 6.92 Å². The Kier molecular flexibility index (Phi) is 3.57. The molecule has 0 saturated heterocycles. The van der Waals surface area contributed by atoms with Gasteiger partial charge >= 0.3 is 0 Å². The van der Waals surface area contributed by atoms with Gasteiger partial charge in [0.05, 0.1) is 12.8 Å². The van der Waals surface area contributed by atoms with Crippen molar-refractivity contribution in [1.82, 2.24) is 0 Å². The predicted octanol–water partition coefficient (Wildman–Crippen LogP) is 4.00. The van der Waals surface area contributed by atoms with Crippen LogP contribution in [0.2, 0.25) is 0 Å². The van der Waals surface area contributed by atoms with E-state index in [0.717, 1.165) is 11.3 Å². The van der Waals surface area contributed by atoms with Crippen molar-refractivity contribution >= 4 is 17.1 Å². The average molecular weight is 241 g/mol. The first-order valence-corrected chi connectivity index (χ1v) is 5.61. The molecule has 0 bridgehead atoms. The third-order valence-electron chi connectivity index (χ3n) is 2.58. The van der Waals surface area contributed by atoms with E-state index in [9.17, 15) is 0 Å². The van der Waals surface area contributed by atoms with Gasteiger partial charge in [-0.15, -0.1) is 5.11 Å². The van der Waals surface area contributed by atoms with Crippen LogP contribution in [-0.4, -0.2) is 7.11 Å².